The third-order valence-electron chi connectivity index (χ3n) is 5.28. The third kappa shape index (κ3) is 3.75. The van der Waals surface area contributed by atoms with Crippen LogP contribution in [0.4, 0.5) is 0 Å². The summed E-state index contributed by atoms with van der Waals surface area (Å²) < 4.78 is 5.44. The van der Waals surface area contributed by atoms with E-state index in [4.69, 9.17) is 10.5 Å². The number of nitrogens with zero attached hydrogens (tertiary/aromatic N) is 1. The summed E-state index contributed by atoms with van der Waals surface area (Å²) >= 11 is 0. The Kier molecular flexibility index (Phi) is 5.33. The van der Waals surface area contributed by atoms with Gasteiger partial charge < -0.3 is 15.4 Å². The van der Waals surface area contributed by atoms with Crippen molar-refractivity contribution in [2.24, 2.45) is 11.1 Å². The van der Waals surface area contributed by atoms with E-state index < -0.39 is 5.41 Å². The molecule has 0 bridgehead atoms. The first kappa shape index (κ1) is 18.5. The largest absolute Gasteiger partial charge is 0.496 e. The van der Waals surface area contributed by atoms with Crippen LogP contribution in [-0.4, -0.2) is 37.0 Å². The average molecular weight is 352 g/mol. The average Bonchev–Trinajstić information content (AvgIpc) is 3.03. The van der Waals surface area contributed by atoms with Gasteiger partial charge in [0.05, 0.1) is 7.11 Å². The minimum absolute atomic E-state index is 0.0246. The van der Waals surface area contributed by atoms with Crippen LogP contribution in [0.3, 0.4) is 0 Å². The lowest BCUT2D eigenvalue weighted by atomic mass is 9.84. The molecule has 1 aliphatic rings. The van der Waals surface area contributed by atoms with Crippen molar-refractivity contribution >= 4 is 5.91 Å². The second kappa shape index (κ2) is 7.50. The summed E-state index contributed by atoms with van der Waals surface area (Å²) in [7, 11) is 1.66. The zero-order valence-corrected chi connectivity index (χ0v) is 15.8. The van der Waals surface area contributed by atoms with Crippen molar-refractivity contribution in [3.8, 4) is 5.75 Å². The molecule has 2 aromatic carbocycles. The molecule has 0 unspecified atom stereocenters. The minimum Gasteiger partial charge on any atom is -0.496 e. The number of carbonyl (C=O) groups excluding carboxylic acids is 1. The molecule has 0 aliphatic carbocycles. The van der Waals surface area contributed by atoms with Crippen LogP contribution in [0.5, 0.6) is 5.75 Å². The lowest BCUT2D eigenvalue weighted by Gasteiger charge is -2.30. The molecule has 1 amide bonds. The molecule has 0 radical (unpaired) electrons. The number of amides is 1. The molecule has 26 heavy (non-hydrogen) atoms. The van der Waals surface area contributed by atoms with Crippen LogP contribution in [0.2, 0.25) is 0 Å². The van der Waals surface area contributed by atoms with Gasteiger partial charge in [0.15, 0.2) is 0 Å². The van der Waals surface area contributed by atoms with Gasteiger partial charge in [-0.25, -0.2) is 0 Å². The first-order chi connectivity index (χ1) is 12.4. The highest BCUT2D eigenvalue weighted by molar-refractivity contribution is 5.83. The van der Waals surface area contributed by atoms with Gasteiger partial charge in [-0.2, -0.15) is 0 Å². The fourth-order valence-electron chi connectivity index (χ4n) is 3.88. The molecule has 3 rings (SSSR count). The number of benzene rings is 2. The van der Waals surface area contributed by atoms with Crippen molar-refractivity contribution in [2.45, 2.75) is 32.2 Å². The van der Waals surface area contributed by atoms with E-state index in [9.17, 15) is 4.79 Å². The molecule has 4 nitrogen and oxygen atoms in total. The second-order valence-corrected chi connectivity index (χ2v) is 7.76. The maximum absolute atomic E-state index is 13.2. The molecule has 2 atom stereocenters. The molecule has 0 aromatic heterocycles. The zero-order valence-electron chi connectivity index (χ0n) is 15.8. The van der Waals surface area contributed by atoms with E-state index in [0.29, 0.717) is 19.5 Å². The molecule has 1 aliphatic heterocycles. The highest BCUT2D eigenvalue weighted by atomic mass is 16.5. The van der Waals surface area contributed by atoms with E-state index in [1.165, 1.54) is 5.56 Å². The van der Waals surface area contributed by atoms with Gasteiger partial charge in [0.25, 0.3) is 0 Å². The Morgan fingerprint density at radius 2 is 1.77 bits per heavy atom. The molecule has 1 fully saturated rings. The van der Waals surface area contributed by atoms with Crippen molar-refractivity contribution in [3.63, 3.8) is 0 Å². The van der Waals surface area contributed by atoms with E-state index in [2.05, 4.69) is 12.1 Å². The van der Waals surface area contributed by atoms with Gasteiger partial charge in [-0.1, -0.05) is 62.4 Å². The summed E-state index contributed by atoms with van der Waals surface area (Å²) in [6.45, 7) is 5.29. The molecule has 2 N–H and O–H groups in total. The van der Waals surface area contributed by atoms with Crippen LogP contribution in [0.25, 0.3) is 0 Å². The fourth-order valence-corrected chi connectivity index (χ4v) is 3.88. The quantitative estimate of drug-likeness (QED) is 0.899. The van der Waals surface area contributed by atoms with Gasteiger partial charge >= 0.3 is 0 Å². The Morgan fingerprint density at radius 1 is 1.12 bits per heavy atom. The number of methoxy groups -OCH3 is 1. The predicted octanol–water partition coefficient (Wildman–Crippen LogP) is 3.22. The van der Waals surface area contributed by atoms with Gasteiger partial charge in [0, 0.05) is 30.5 Å². The maximum Gasteiger partial charge on any atom is 0.228 e. The zero-order chi connectivity index (χ0) is 18.7. The SMILES string of the molecule is COc1ccccc1CC(C)(C)C(=O)N1C[C@@H](N)[C@H](c2ccccc2)C1. The standard InChI is InChI=1S/C22H28N2O2/c1-22(2,13-17-11-7-8-12-20(17)26-3)21(25)24-14-18(19(23)15-24)16-9-5-4-6-10-16/h4-12,18-19H,13-15,23H2,1-3H3/t18-,19+/m0/s1. The predicted molar refractivity (Wildman–Crippen MR) is 104 cm³/mol. The van der Waals surface area contributed by atoms with Crippen molar-refractivity contribution in [3.05, 3.63) is 65.7 Å². The lowest BCUT2D eigenvalue weighted by Crippen LogP contribution is -2.41. The number of para-hydroxylation sites is 1. The Balaban J connectivity index is 1.74. The summed E-state index contributed by atoms with van der Waals surface area (Å²) in [5.41, 5.74) is 8.11. The Morgan fingerprint density at radius 3 is 2.46 bits per heavy atom. The summed E-state index contributed by atoms with van der Waals surface area (Å²) in [6.07, 6.45) is 0.636. The number of nitrogens with two attached hydrogens (primary N) is 1. The van der Waals surface area contributed by atoms with Crippen LogP contribution < -0.4 is 10.5 Å². The molecular weight excluding hydrogens is 324 g/mol. The Bertz CT molecular complexity index is 758. The van der Waals surface area contributed by atoms with Crippen molar-refractivity contribution < 1.29 is 9.53 Å². The summed E-state index contributed by atoms with van der Waals surface area (Å²) in [5, 5.41) is 0. The second-order valence-electron chi connectivity index (χ2n) is 7.76. The van der Waals surface area contributed by atoms with Gasteiger partial charge in [0.2, 0.25) is 5.91 Å². The minimum atomic E-state index is -0.514. The first-order valence-electron chi connectivity index (χ1n) is 9.14. The summed E-state index contributed by atoms with van der Waals surface area (Å²) in [4.78, 5) is 15.2. The van der Waals surface area contributed by atoms with Gasteiger partial charge in [0.1, 0.15) is 5.75 Å². The van der Waals surface area contributed by atoms with Crippen molar-refractivity contribution in [2.75, 3.05) is 20.2 Å². The lowest BCUT2D eigenvalue weighted by molar-refractivity contribution is -0.139. The molecule has 138 valence electrons. The van der Waals surface area contributed by atoms with E-state index in [-0.39, 0.29) is 17.9 Å². The van der Waals surface area contributed by atoms with Crippen LogP contribution >= 0.6 is 0 Å². The molecule has 4 heteroatoms. The highest BCUT2D eigenvalue weighted by Crippen LogP contribution is 2.33. The Hall–Kier alpha value is -2.33. The van der Waals surface area contributed by atoms with Crippen molar-refractivity contribution in [1.29, 1.82) is 0 Å². The molecular formula is C22H28N2O2. The maximum atomic E-state index is 13.2. The smallest absolute Gasteiger partial charge is 0.228 e. The normalized spacial score (nSPS) is 20.2. The number of hydrogen-bond donors (Lipinski definition) is 1. The third-order valence-corrected chi connectivity index (χ3v) is 5.28. The van der Waals surface area contributed by atoms with Crippen LogP contribution in [0, 0.1) is 5.41 Å². The summed E-state index contributed by atoms with van der Waals surface area (Å²) in [5.74, 6) is 1.17. The molecule has 0 saturated carbocycles. The first-order valence-corrected chi connectivity index (χ1v) is 9.14. The number of rotatable bonds is 5. The van der Waals surface area contributed by atoms with E-state index >= 15 is 0 Å². The number of ether oxygens (including phenoxy) is 1. The number of hydrogen-bond acceptors (Lipinski definition) is 3. The van der Waals surface area contributed by atoms with Gasteiger partial charge in [-0.3, -0.25) is 4.79 Å². The van der Waals surface area contributed by atoms with E-state index in [0.717, 1.165) is 11.3 Å². The van der Waals surface area contributed by atoms with Crippen LogP contribution in [0.15, 0.2) is 54.6 Å². The molecule has 1 heterocycles. The monoisotopic (exact) mass is 352 g/mol. The van der Waals surface area contributed by atoms with E-state index in [1.807, 2.05) is 61.2 Å². The number of carbonyl (C=O) groups is 1. The van der Waals surface area contributed by atoms with Crippen LogP contribution in [0.1, 0.15) is 30.9 Å². The van der Waals surface area contributed by atoms with Gasteiger partial charge in [-0.05, 0) is 23.6 Å². The Labute approximate surface area is 156 Å². The number of likely N-dealkylation sites (tertiary alicyclic amines) is 1. The van der Waals surface area contributed by atoms with Crippen LogP contribution in [-0.2, 0) is 11.2 Å². The molecule has 1 saturated heterocycles. The fraction of sp³-hybridized carbons (Fsp3) is 0.409. The topological polar surface area (TPSA) is 55.6 Å². The molecule has 0 spiro atoms. The highest BCUT2D eigenvalue weighted by Gasteiger charge is 2.39. The molecule has 2 aromatic rings. The van der Waals surface area contributed by atoms with Crippen molar-refractivity contribution in [1.82, 2.24) is 4.90 Å². The van der Waals surface area contributed by atoms with Gasteiger partial charge in [-0.15, -0.1) is 0 Å². The van der Waals surface area contributed by atoms with E-state index in [1.54, 1.807) is 7.11 Å². The summed E-state index contributed by atoms with van der Waals surface area (Å²) in [6, 6.07) is 18.1.